The van der Waals surface area contributed by atoms with Crippen molar-refractivity contribution in [2.75, 3.05) is 74.5 Å². The number of piperidine rings is 4. The van der Waals surface area contributed by atoms with Gasteiger partial charge >= 0.3 is 0 Å². The van der Waals surface area contributed by atoms with Crippen molar-refractivity contribution in [1.82, 2.24) is 30.2 Å². The number of imide groups is 2. The summed E-state index contributed by atoms with van der Waals surface area (Å²) < 4.78 is 6.49. The van der Waals surface area contributed by atoms with E-state index in [1.54, 1.807) is 36.4 Å². The number of anilines is 3. The molecule has 17 heteroatoms. The average molecular weight is 896 g/mol. The van der Waals surface area contributed by atoms with Gasteiger partial charge in [0, 0.05) is 75.9 Å². The Balaban J connectivity index is 0.758. The van der Waals surface area contributed by atoms with Gasteiger partial charge in [0.1, 0.15) is 11.8 Å². The summed E-state index contributed by atoms with van der Waals surface area (Å²) in [5, 5.41) is 21.2. The summed E-state index contributed by atoms with van der Waals surface area (Å²) in [6.45, 7) is 4.75. The molecule has 17 nitrogen and oxygen atoms in total. The van der Waals surface area contributed by atoms with Crippen molar-refractivity contribution in [3.05, 3.63) is 95.6 Å². The zero-order chi connectivity index (χ0) is 45.7. The Kier molecular flexibility index (Phi) is 11.2. The molecular formula is C49H53N9O8. The fourth-order valence-electron chi connectivity index (χ4n) is 11.0. The Labute approximate surface area is 381 Å². The monoisotopic (exact) mass is 895 g/mol. The van der Waals surface area contributed by atoms with E-state index < -0.39 is 40.7 Å². The lowest BCUT2D eigenvalue weighted by Crippen LogP contribution is -2.61. The number of aromatic nitrogens is 2. The summed E-state index contributed by atoms with van der Waals surface area (Å²) in [4.78, 5) is 89.1. The molecule has 6 aliphatic rings. The van der Waals surface area contributed by atoms with Gasteiger partial charge < -0.3 is 35.2 Å². The number of benzene rings is 3. The van der Waals surface area contributed by atoms with Crippen LogP contribution in [0.2, 0.25) is 0 Å². The van der Waals surface area contributed by atoms with Crippen LogP contribution < -0.4 is 20.9 Å². The van der Waals surface area contributed by atoms with Gasteiger partial charge in [0.2, 0.25) is 23.6 Å². The molecule has 5 fully saturated rings. The van der Waals surface area contributed by atoms with Gasteiger partial charge in [-0.25, -0.2) is 0 Å². The van der Waals surface area contributed by atoms with Gasteiger partial charge in [-0.15, -0.1) is 10.2 Å². The van der Waals surface area contributed by atoms with Crippen LogP contribution in [0.5, 0.6) is 5.75 Å². The van der Waals surface area contributed by atoms with Gasteiger partial charge in [0.25, 0.3) is 11.8 Å². The Hall–Kier alpha value is -6.88. The zero-order valence-electron chi connectivity index (χ0n) is 36.7. The minimum Gasteiger partial charge on any atom is -0.507 e. The lowest BCUT2D eigenvalue weighted by Gasteiger charge is -2.50. The first-order chi connectivity index (χ1) is 31.9. The van der Waals surface area contributed by atoms with Gasteiger partial charge in [-0.05, 0) is 86.9 Å². The van der Waals surface area contributed by atoms with E-state index in [2.05, 4.69) is 25.3 Å². The fraction of sp³-hybridized carbons (Fsp3) is 0.429. The summed E-state index contributed by atoms with van der Waals surface area (Å²) in [6, 6.07) is 22.9. The van der Waals surface area contributed by atoms with E-state index in [4.69, 9.17) is 10.5 Å². The van der Waals surface area contributed by atoms with E-state index in [1.165, 1.54) is 0 Å². The molecule has 1 aromatic heterocycles. The zero-order valence-corrected chi connectivity index (χ0v) is 36.7. The first kappa shape index (κ1) is 43.0. The Morgan fingerprint density at radius 3 is 2.17 bits per heavy atom. The number of amides is 6. The number of fused-ring (bicyclic) bond motifs is 1. The van der Waals surface area contributed by atoms with E-state index in [9.17, 15) is 33.9 Å². The highest BCUT2D eigenvalue weighted by molar-refractivity contribution is 6.23. The summed E-state index contributed by atoms with van der Waals surface area (Å²) in [5.74, 6) is -1.73. The van der Waals surface area contributed by atoms with Crippen molar-refractivity contribution in [2.24, 2.45) is 5.92 Å². The van der Waals surface area contributed by atoms with E-state index in [0.717, 1.165) is 16.2 Å². The maximum absolute atomic E-state index is 14.9. The minimum absolute atomic E-state index is 0.0556. The fourth-order valence-corrected chi connectivity index (χ4v) is 11.0. The molecule has 10 rings (SSSR count). The van der Waals surface area contributed by atoms with Crippen molar-refractivity contribution in [3.8, 4) is 17.0 Å². The van der Waals surface area contributed by atoms with E-state index in [-0.39, 0.29) is 53.3 Å². The second-order valence-corrected chi connectivity index (χ2v) is 18.5. The first-order valence-corrected chi connectivity index (χ1v) is 23.0. The molecule has 0 bridgehead atoms. The van der Waals surface area contributed by atoms with Gasteiger partial charge in [-0.3, -0.25) is 39.0 Å². The number of carbonyl (C=O) groups excluding carboxylic acids is 6. The molecular weight excluding hydrogens is 843 g/mol. The van der Waals surface area contributed by atoms with Crippen LogP contribution in [0.15, 0.2) is 78.9 Å². The molecule has 5 saturated heterocycles. The number of nitrogens with zero attached hydrogens (tertiary/aromatic N) is 7. The van der Waals surface area contributed by atoms with E-state index in [1.807, 2.05) is 52.3 Å². The minimum atomic E-state index is -1.03. The maximum atomic E-state index is 14.9. The maximum Gasteiger partial charge on any atom is 0.262 e. The van der Waals surface area contributed by atoms with E-state index >= 15 is 0 Å². The molecule has 342 valence electrons. The first-order valence-electron chi connectivity index (χ1n) is 23.0. The number of nitrogens with two attached hydrogens (primary N) is 1. The number of nitrogens with one attached hydrogen (secondary N) is 1. The largest absolute Gasteiger partial charge is 0.507 e. The number of likely N-dealkylation sites (tertiary alicyclic amines) is 1. The van der Waals surface area contributed by atoms with Crippen LogP contribution in [0.4, 0.5) is 17.2 Å². The van der Waals surface area contributed by atoms with Crippen LogP contribution in [0.25, 0.3) is 11.3 Å². The lowest BCUT2D eigenvalue weighted by atomic mass is 9.71. The number of morpholine rings is 1. The van der Waals surface area contributed by atoms with Crippen LogP contribution in [0, 0.1) is 5.92 Å². The molecule has 0 radical (unpaired) electrons. The average Bonchev–Trinajstić information content (AvgIpc) is 3.59. The summed E-state index contributed by atoms with van der Waals surface area (Å²) >= 11 is 0. The highest BCUT2D eigenvalue weighted by Gasteiger charge is 2.50. The standard InChI is InChI=1S/C49H53N9O8/c50-42-39(29-37(52-53-42)35-8-4-5-9-40(35)59)55-24-18-49(19-25-55,32-6-2-1-3-7-32)47(65)56-22-16-48(17-23-56)30-57(26-27-66-48)44(62)31-14-20-54(21-15-31)33-10-11-34-36(28-33)46(64)58(45(34)63)38-12-13-41(60)51-43(38)61/h1-11,28-29,31,38,59H,12-27,30H2,(H2,50,53)(H,51,60,61). The molecule has 6 amide bonds. The SMILES string of the molecule is Nc1nnc(-c2ccccc2O)cc1N1CCC(C(=O)N2CCC3(CC2)CN(C(=O)C2CCN(c4ccc5c(c4)C(=O)N(C4CCC(=O)NC4=O)C5=O)CC2)CCO3)(c2ccccc2)CC1. The number of rotatable bonds is 7. The highest BCUT2D eigenvalue weighted by atomic mass is 16.5. The molecule has 4 aromatic rings. The molecule has 7 heterocycles. The second-order valence-electron chi connectivity index (χ2n) is 18.5. The predicted molar refractivity (Wildman–Crippen MR) is 242 cm³/mol. The molecule has 3 aromatic carbocycles. The molecule has 1 atom stereocenters. The topological polar surface area (TPSA) is 212 Å². The molecule has 6 aliphatic heterocycles. The predicted octanol–water partition coefficient (Wildman–Crippen LogP) is 3.51. The summed E-state index contributed by atoms with van der Waals surface area (Å²) in [6.07, 6.45) is 3.77. The summed E-state index contributed by atoms with van der Waals surface area (Å²) in [7, 11) is 0. The molecule has 0 aliphatic carbocycles. The van der Waals surface area contributed by atoms with E-state index in [0.29, 0.717) is 114 Å². The van der Waals surface area contributed by atoms with Crippen LogP contribution in [-0.2, 0) is 29.3 Å². The van der Waals surface area contributed by atoms with Crippen LogP contribution >= 0.6 is 0 Å². The van der Waals surface area contributed by atoms with Crippen molar-refractivity contribution >= 4 is 52.6 Å². The normalized spacial score (nSPS) is 22.1. The van der Waals surface area contributed by atoms with Crippen LogP contribution in [0.3, 0.4) is 0 Å². The number of para-hydroxylation sites is 1. The van der Waals surface area contributed by atoms with Crippen molar-refractivity contribution in [3.63, 3.8) is 0 Å². The van der Waals surface area contributed by atoms with Crippen molar-refractivity contribution in [2.45, 2.75) is 68.4 Å². The Bertz CT molecular complexity index is 2600. The summed E-state index contributed by atoms with van der Waals surface area (Å²) in [5.41, 5.74) is 9.11. The number of hydrogen-bond acceptors (Lipinski definition) is 13. The van der Waals surface area contributed by atoms with Crippen molar-refractivity contribution in [1.29, 1.82) is 0 Å². The third-order valence-electron chi connectivity index (χ3n) is 14.8. The second kappa shape index (κ2) is 17.2. The molecule has 1 unspecified atom stereocenters. The number of phenols is 1. The number of hydrogen-bond donors (Lipinski definition) is 3. The molecule has 0 saturated carbocycles. The quantitative estimate of drug-likeness (QED) is 0.227. The Morgan fingerprint density at radius 2 is 1.44 bits per heavy atom. The highest BCUT2D eigenvalue weighted by Crippen LogP contribution is 2.42. The van der Waals surface area contributed by atoms with Crippen molar-refractivity contribution < 1.29 is 38.6 Å². The van der Waals surface area contributed by atoms with Gasteiger partial charge in [-0.1, -0.05) is 42.5 Å². The third kappa shape index (κ3) is 7.67. The number of aromatic hydroxyl groups is 1. The molecule has 4 N–H and O–H groups in total. The molecule has 66 heavy (non-hydrogen) atoms. The smallest absolute Gasteiger partial charge is 0.262 e. The number of ether oxygens (including phenoxy) is 1. The number of nitrogen functional groups attached to an aromatic ring is 1. The van der Waals surface area contributed by atoms with Gasteiger partial charge in [0.05, 0.1) is 40.1 Å². The van der Waals surface area contributed by atoms with Gasteiger partial charge in [-0.2, -0.15) is 0 Å². The number of carbonyl (C=O) groups is 6. The van der Waals surface area contributed by atoms with Crippen LogP contribution in [-0.4, -0.2) is 136 Å². The number of phenolic OH excluding ortho intramolecular Hbond substituents is 1. The lowest BCUT2D eigenvalue weighted by molar-refractivity contribution is -0.167. The molecule has 1 spiro atoms. The Morgan fingerprint density at radius 1 is 0.727 bits per heavy atom. The van der Waals surface area contributed by atoms with Crippen LogP contribution in [0.1, 0.15) is 77.6 Å². The van der Waals surface area contributed by atoms with Gasteiger partial charge in [0.15, 0.2) is 5.82 Å². The third-order valence-corrected chi connectivity index (χ3v) is 14.8.